The number of amides is 1. The molecule has 0 radical (unpaired) electrons. The minimum absolute atomic E-state index is 0. The summed E-state index contributed by atoms with van der Waals surface area (Å²) in [6, 6.07) is 9.29. The van der Waals surface area contributed by atoms with Crippen LogP contribution < -0.4 is 16.0 Å². The third kappa shape index (κ3) is 2.89. The van der Waals surface area contributed by atoms with Crippen LogP contribution in [0.5, 0.6) is 0 Å². The lowest BCUT2D eigenvalue weighted by atomic mass is 10.0. The number of carbonyl (C=O) groups is 1. The van der Waals surface area contributed by atoms with Gasteiger partial charge in [0.25, 0.3) is 5.91 Å². The zero-order valence-corrected chi connectivity index (χ0v) is 15.3. The first-order chi connectivity index (χ1) is 12.1. The van der Waals surface area contributed by atoms with E-state index < -0.39 is 11.7 Å². The maximum Gasteiger partial charge on any atom is 0.250 e. The normalized spacial score (nSPS) is 17.5. The summed E-state index contributed by atoms with van der Waals surface area (Å²) in [4.78, 5) is 17.2. The number of halogens is 2. The van der Waals surface area contributed by atoms with Crippen LogP contribution in [-0.2, 0) is 0 Å². The molecule has 26 heavy (non-hydrogen) atoms. The second kappa shape index (κ2) is 7.13. The lowest BCUT2D eigenvalue weighted by Gasteiger charge is -2.35. The largest absolute Gasteiger partial charge is 0.367 e. The Labute approximate surface area is 157 Å². The SMILES string of the molecule is CNC1CCCN(c2c(F)cc(C(N)=O)c3[nH]c4ccccc4c23)C1.Cl. The highest BCUT2D eigenvalue weighted by atomic mass is 35.5. The van der Waals surface area contributed by atoms with Crippen LogP contribution >= 0.6 is 12.4 Å². The van der Waals surface area contributed by atoms with E-state index in [9.17, 15) is 4.79 Å². The van der Waals surface area contributed by atoms with E-state index in [1.54, 1.807) is 0 Å². The summed E-state index contributed by atoms with van der Waals surface area (Å²) in [5.74, 6) is -1.03. The van der Waals surface area contributed by atoms with Gasteiger partial charge >= 0.3 is 0 Å². The molecule has 2 heterocycles. The van der Waals surface area contributed by atoms with Gasteiger partial charge in [0, 0.05) is 35.4 Å². The fourth-order valence-electron chi connectivity index (χ4n) is 3.90. The smallest absolute Gasteiger partial charge is 0.250 e. The number of rotatable bonds is 3. The minimum Gasteiger partial charge on any atom is -0.367 e. The maximum atomic E-state index is 15.1. The van der Waals surface area contributed by atoms with E-state index in [1.165, 1.54) is 6.07 Å². The van der Waals surface area contributed by atoms with Crippen LogP contribution in [0.2, 0.25) is 0 Å². The van der Waals surface area contributed by atoms with E-state index in [2.05, 4.69) is 15.2 Å². The van der Waals surface area contributed by atoms with Crippen molar-refractivity contribution in [1.29, 1.82) is 0 Å². The molecule has 1 amide bonds. The maximum absolute atomic E-state index is 15.1. The molecule has 0 saturated carbocycles. The number of piperidine rings is 1. The van der Waals surface area contributed by atoms with Gasteiger partial charge in [0.05, 0.1) is 16.8 Å². The molecular weight excluding hydrogens is 355 g/mol. The lowest BCUT2D eigenvalue weighted by molar-refractivity contribution is 0.100. The van der Waals surface area contributed by atoms with Gasteiger partial charge < -0.3 is 20.9 Å². The molecule has 7 heteroatoms. The second-order valence-electron chi connectivity index (χ2n) is 6.61. The molecule has 4 rings (SSSR count). The summed E-state index contributed by atoms with van der Waals surface area (Å²) in [6.45, 7) is 1.53. The van der Waals surface area contributed by atoms with Crippen LogP contribution in [0, 0.1) is 5.82 Å². The number of aromatic nitrogens is 1. The summed E-state index contributed by atoms with van der Waals surface area (Å²) in [6.07, 6.45) is 2.07. The Morgan fingerprint density at radius 3 is 2.88 bits per heavy atom. The number of likely N-dealkylation sites (N-methyl/N-ethyl adjacent to an activating group) is 1. The number of para-hydroxylation sites is 1. The van der Waals surface area contributed by atoms with E-state index in [4.69, 9.17) is 5.73 Å². The Kier molecular flexibility index (Phi) is 5.07. The molecule has 1 aliphatic heterocycles. The Balaban J connectivity index is 0.00000196. The Hall–Kier alpha value is -2.31. The highest BCUT2D eigenvalue weighted by Crippen LogP contribution is 2.38. The molecule has 0 spiro atoms. The average Bonchev–Trinajstić information content (AvgIpc) is 3.00. The van der Waals surface area contributed by atoms with Crippen LogP contribution in [0.3, 0.4) is 0 Å². The van der Waals surface area contributed by atoms with E-state index in [1.807, 2.05) is 31.3 Å². The van der Waals surface area contributed by atoms with Gasteiger partial charge in [-0.2, -0.15) is 0 Å². The number of hydrogen-bond acceptors (Lipinski definition) is 3. The second-order valence-corrected chi connectivity index (χ2v) is 6.61. The molecule has 1 aliphatic rings. The molecule has 2 aromatic carbocycles. The molecular formula is C19H22ClFN4O. The minimum atomic E-state index is -0.631. The van der Waals surface area contributed by atoms with Crippen molar-refractivity contribution in [2.75, 3.05) is 25.0 Å². The van der Waals surface area contributed by atoms with Gasteiger partial charge in [-0.05, 0) is 32.0 Å². The summed E-state index contributed by atoms with van der Waals surface area (Å²) < 4.78 is 15.1. The number of nitrogens with two attached hydrogens (primary N) is 1. The van der Waals surface area contributed by atoms with E-state index in [-0.39, 0.29) is 18.0 Å². The first kappa shape index (κ1) is 18.5. The monoisotopic (exact) mass is 376 g/mol. The van der Waals surface area contributed by atoms with Crippen molar-refractivity contribution >= 4 is 45.8 Å². The molecule has 3 aromatic rings. The van der Waals surface area contributed by atoms with E-state index >= 15 is 4.39 Å². The molecule has 1 aromatic heterocycles. The zero-order chi connectivity index (χ0) is 17.6. The zero-order valence-electron chi connectivity index (χ0n) is 14.5. The van der Waals surface area contributed by atoms with Gasteiger partial charge in [-0.3, -0.25) is 4.79 Å². The molecule has 138 valence electrons. The molecule has 0 bridgehead atoms. The lowest BCUT2D eigenvalue weighted by Crippen LogP contribution is -2.44. The summed E-state index contributed by atoms with van der Waals surface area (Å²) in [5, 5.41) is 4.93. The topological polar surface area (TPSA) is 74.2 Å². The third-order valence-electron chi connectivity index (χ3n) is 5.12. The molecule has 1 fully saturated rings. The van der Waals surface area contributed by atoms with Crippen molar-refractivity contribution in [3.05, 3.63) is 41.7 Å². The van der Waals surface area contributed by atoms with Gasteiger partial charge in [0.2, 0.25) is 0 Å². The van der Waals surface area contributed by atoms with Crippen LogP contribution in [0.4, 0.5) is 10.1 Å². The van der Waals surface area contributed by atoms with Crippen molar-refractivity contribution in [1.82, 2.24) is 10.3 Å². The summed E-state index contributed by atoms with van der Waals surface area (Å²) >= 11 is 0. The number of hydrogen-bond donors (Lipinski definition) is 3. The van der Waals surface area contributed by atoms with Gasteiger partial charge in [-0.1, -0.05) is 18.2 Å². The van der Waals surface area contributed by atoms with Crippen molar-refractivity contribution in [2.45, 2.75) is 18.9 Å². The van der Waals surface area contributed by atoms with E-state index in [0.717, 1.165) is 42.2 Å². The Morgan fingerprint density at radius 2 is 2.15 bits per heavy atom. The fourth-order valence-corrected chi connectivity index (χ4v) is 3.90. The predicted octanol–water partition coefficient (Wildman–Crippen LogP) is 3.17. The van der Waals surface area contributed by atoms with Gasteiger partial charge in [-0.15, -0.1) is 12.4 Å². The number of carbonyl (C=O) groups excluding carboxylic acids is 1. The summed E-state index contributed by atoms with van der Waals surface area (Å²) in [7, 11) is 1.93. The van der Waals surface area contributed by atoms with Crippen LogP contribution in [-0.4, -0.2) is 37.1 Å². The third-order valence-corrected chi connectivity index (χ3v) is 5.12. The fraction of sp³-hybridized carbons (Fsp3) is 0.316. The number of anilines is 1. The van der Waals surface area contributed by atoms with Gasteiger partial charge in [-0.25, -0.2) is 4.39 Å². The Bertz CT molecular complexity index is 971. The quantitative estimate of drug-likeness (QED) is 0.657. The first-order valence-electron chi connectivity index (χ1n) is 8.55. The molecule has 1 atom stereocenters. The van der Waals surface area contributed by atoms with Crippen molar-refractivity contribution < 1.29 is 9.18 Å². The van der Waals surface area contributed by atoms with Gasteiger partial charge in [0.1, 0.15) is 5.82 Å². The van der Waals surface area contributed by atoms with Crippen LogP contribution in [0.25, 0.3) is 21.8 Å². The average molecular weight is 377 g/mol. The highest BCUT2D eigenvalue weighted by molar-refractivity contribution is 6.19. The van der Waals surface area contributed by atoms with Gasteiger partial charge in [0.15, 0.2) is 0 Å². The highest BCUT2D eigenvalue weighted by Gasteiger charge is 2.26. The number of aromatic amines is 1. The standard InChI is InChI=1S/C19H21FN4O.ClH/c1-22-11-5-4-8-24(10-11)18-14(20)9-13(19(21)25)17-16(18)12-6-2-3-7-15(12)23-17;/h2-3,6-7,9,11,22-23H,4-5,8,10H2,1H3,(H2,21,25);1H. The number of benzene rings is 2. The van der Waals surface area contributed by atoms with Crippen LogP contribution in [0.1, 0.15) is 23.2 Å². The number of fused-ring (bicyclic) bond motifs is 3. The van der Waals surface area contributed by atoms with Crippen molar-refractivity contribution in [2.24, 2.45) is 5.73 Å². The van der Waals surface area contributed by atoms with Crippen molar-refractivity contribution in [3.63, 3.8) is 0 Å². The number of nitrogens with one attached hydrogen (secondary N) is 2. The van der Waals surface area contributed by atoms with E-state index in [0.29, 0.717) is 17.2 Å². The molecule has 1 unspecified atom stereocenters. The molecule has 5 nitrogen and oxygen atoms in total. The molecule has 1 saturated heterocycles. The van der Waals surface area contributed by atoms with Crippen LogP contribution in [0.15, 0.2) is 30.3 Å². The molecule has 0 aliphatic carbocycles. The number of nitrogens with zero attached hydrogens (tertiary/aromatic N) is 1. The molecule has 4 N–H and O–H groups in total. The summed E-state index contributed by atoms with van der Waals surface area (Å²) in [5.41, 5.74) is 7.71. The number of H-pyrrole nitrogens is 1. The Morgan fingerprint density at radius 1 is 1.38 bits per heavy atom. The van der Waals surface area contributed by atoms with Crippen molar-refractivity contribution in [3.8, 4) is 0 Å². The predicted molar refractivity (Wildman–Crippen MR) is 106 cm³/mol. The number of primary amides is 1. The first-order valence-corrected chi connectivity index (χ1v) is 8.55.